The summed E-state index contributed by atoms with van der Waals surface area (Å²) < 4.78 is 75.4. The average Bonchev–Trinajstić information content (AvgIpc) is 3.39. The summed E-state index contributed by atoms with van der Waals surface area (Å²) >= 11 is 0. The van der Waals surface area contributed by atoms with E-state index in [0.717, 1.165) is 23.3 Å². The van der Waals surface area contributed by atoms with Crippen molar-refractivity contribution in [1.82, 2.24) is 10.1 Å². The second-order valence-electron chi connectivity index (χ2n) is 7.73. The van der Waals surface area contributed by atoms with Crippen LogP contribution in [0.4, 0.5) is 13.2 Å². The molecule has 0 atom stereocenters. The zero-order chi connectivity index (χ0) is 24.0. The molecule has 2 aromatic carbocycles. The van der Waals surface area contributed by atoms with Gasteiger partial charge in [-0.3, -0.25) is 0 Å². The van der Waals surface area contributed by atoms with Crippen LogP contribution in [0.3, 0.4) is 0 Å². The molecule has 0 saturated carbocycles. The van der Waals surface area contributed by atoms with E-state index < -0.39 is 21.6 Å². The first kappa shape index (κ1) is 22.8. The molecular formula is C23H19F3N2O4S. The third-order valence-electron chi connectivity index (χ3n) is 5.21. The molecule has 6 nitrogen and oxygen atoms in total. The SMILES string of the molecule is Cc1cc(C)c(S(=O)(=O)Cc2ccc(-c3nc(-c4cccc(C(F)(F)F)c4)no3)o2)cc1C. The van der Waals surface area contributed by atoms with E-state index in [9.17, 15) is 21.6 Å². The molecule has 0 amide bonds. The van der Waals surface area contributed by atoms with Crippen LogP contribution >= 0.6 is 0 Å². The molecule has 2 aromatic heterocycles. The van der Waals surface area contributed by atoms with Gasteiger partial charge in [0.25, 0.3) is 5.89 Å². The van der Waals surface area contributed by atoms with Crippen LogP contribution < -0.4 is 0 Å². The number of furan rings is 1. The number of hydrogen-bond donors (Lipinski definition) is 0. The van der Waals surface area contributed by atoms with E-state index in [4.69, 9.17) is 8.94 Å². The molecule has 33 heavy (non-hydrogen) atoms. The van der Waals surface area contributed by atoms with Crippen LogP contribution in [0.1, 0.15) is 28.0 Å². The molecule has 0 aliphatic carbocycles. The summed E-state index contributed by atoms with van der Waals surface area (Å²) in [7, 11) is -3.68. The molecule has 0 N–H and O–H groups in total. The molecule has 0 fully saturated rings. The number of benzene rings is 2. The quantitative estimate of drug-likeness (QED) is 0.356. The number of rotatable bonds is 5. The maximum Gasteiger partial charge on any atom is 0.416 e. The first-order chi connectivity index (χ1) is 15.4. The van der Waals surface area contributed by atoms with Crippen LogP contribution in [0.25, 0.3) is 23.0 Å². The van der Waals surface area contributed by atoms with Gasteiger partial charge in [0.15, 0.2) is 15.6 Å². The lowest BCUT2D eigenvalue weighted by Gasteiger charge is -2.10. The van der Waals surface area contributed by atoms with Crippen molar-refractivity contribution < 1.29 is 30.5 Å². The molecule has 0 aliphatic rings. The predicted molar refractivity (Wildman–Crippen MR) is 114 cm³/mol. The number of aryl methyl sites for hydroxylation is 3. The van der Waals surface area contributed by atoms with E-state index in [-0.39, 0.29) is 39.4 Å². The van der Waals surface area contributed by atoms with E-state index in [1.54, 1.807) is 13.0 Å². The van der Waals surface area contributed by atoms with Crippen LogP contribution in [0.15, 0.2) is 62.4 Å². The summed E-state index contributed by atoms with van der Waals surface area (Å²) in [5.74, 6) is -0.213. The van der Waals surface area contributed by atoms with E-state index in [1.165, 1.54) is 24.3 Å². The lowest BCUT2D eigenvalue weighted by atomic mass is 10.1. The molecule has 172 valence electrons. The van der Waals surface area contributed by atoms with E-state index in [2.05, 4.69) is 10.1 Å². The van der Waals surface area contributed by atoms with Crippen molar-refractivity contribution in [2.45, 2.75) is 37.6 Å². The minimum absolute atomic E-state index is 0.0487. The Balaban J connectivity index is 1.58. The summed E-state index contributed by atoms with van der Waals surface area (Å²) in [6.07, 6.45) is -4.50. The number of alkyl halides is 3. The third-order valence-corrected chi connectivity index (χ3v) is 6.98. The molecule has 2 heterocycles. The number of halogens is 3. The van der Waals surface area contributed by atoms with E-state index in [1.807, 2.05) is 19.9 Å². The first-order valence-corrected chi connectivity index (χ1v) is 11.5. The van der Waals surface area contributed by atoms with Crippen LogP contribution in [0, 0.1) is 20.8 Å². The Bertz CT molecular complexity index is 1440. The second kappa shape index (κ2) is 8.18. The maximum absolute atomic E-state index is 13.0. The summed E-state index contributed by atoms with van der Waals surface area (Å²) in [4.78, 5) is 4.32. The standard InChI is InChI=1S/C23H19F3N2O4S/c1-13-9-15(3)20(10-14(13)2)33(29,30)12-18-7-8-19(31-18)22-27-21(28-32-22)16-5-4-6-17(11-16)23(24,25)26/h4-11H,12H2,1-3H3. The molecule has 0 radical (unpaired) electrons. The maximum atomic E-state index is 13.0. The van der Waals surface area contributed by atoms with Gasteiger partial charge in [0.1, 0.15) is 11.5 Å². The monoisotopic (exact) mass is 476 g/mol. The Morgan fingerprint density at radius 3 is 2.39 bits per heavy atom. The summed E-state index contributed by atoms with van der Waals surface area (Å²) in [5, 5.41) is 3.72. The zero-order valence-corrected chi connectivity index (χ0v) is 18.7. The minimum Gasteiger partial charge on any atom is -0.455 e. The molecule has 0 spiro atoms. The van der Waals surface area contributed by atoms with Crippen LogP contribution in [0.2, 0.25) is 0 Å². The highest BCUT2D eigenvalue weighted by Crippen LogP contribution is 2.32. The van der Waals surface area contributed by atoms with Gasteiger partial charge >= 0.3 is 6.18 Å². The van der Waals surface area contributed by atoms with Crippen molar-refractivity contribution in [3.05, 3.63) is 76.5 Å². The van der Waals surface area contributed by atoms with Crippen LogP contribution in [-0.2, 0) is 21.8 Å². The lowest BCUT2D eigenvalue weighted by molar-refractivity contribution is -0.137. The molecule has 0 aliphatic heterocycles. The van der Waals surface area contributed by atoms with Crippen molar-refractivity contribution in [2.24, 2.45) is 0 Å². The highest BCUT2D eigenvalue weighted by Gasteiger charge is 2.31. The van der Waals surface area contributed by atoms with E-state index >= 15 is 0 Å². The predicted octanol–water partition coefficient (Wildman–Crippen LogP) is 5.91. The highest BCUT2D eigenvalue weighted by molar-refractivity contribution is 7.90. The zero-order valence-electron chi connectivity index (χ0n) is 17.9. The van der Waals surface area contributed by atoms with Gasteiger partial charge in [-0.1, -0.05) is 23.4 Å². The highest BCUT2D eigenvalue weighted by atomic mass is 32.2. The van der Waals surface area contributed by atoms with Crippen molar-refractivity contribution in [2.75, 3.05) is 0 Å². The Morgan fingerprint density at radius 1 is 0.939 bits per heavy atom. The molecule has 0 unspecified atom stereocenters. The minimum atomic E-state index is -4.50. The topological polar surface area (TPSA) is 86.2 Å². The third kappa shape index (κ3) is 4.70. The van der Waals surface area contributed by atoms with Gasteiger partial charge in [-0.25, -0.2) is 8.42 Å². The summed E-state index contributed by atoms with van der Waals surface area (Å²) in [5.41, 5.74) is 1.80. The van der Waals surface area contributed by atoms with Crippen LogP contribution in [0.5, 0.6) is 0 Å². The van der Waals surface area contributed by atoms with Crippen molar-refractivity contribution in [1.29, 1.82) is 0 Å². The molecule has 10 heteroatoms. The Kier molecular flexibility index (Phi) is 5.65. The molecule has 4 rings (SSSR count). The van der Waals surface area contributed by atoms with E-state index in [0.29, 0.717) is 5.56 Å². The molecule has 0 saturated heterocycles. The first-order valence-electron chi connectivity index (χ1n) is 9.85. The van der Waals surface area contributed by atoms with Gasteiger partial charge in [0.05, 0.1) is 10.5 Å². The number of sulfone groups is 1. The Labute approximate surface area is 188 Å². The van der Waals surface area contributed by atoms with Crippen molar-refractivity contribution >= 4 is 9.84 Å². The van der Waals surface area contributed by atoms with Gasteiger partial charge in [-0.05, 0) is 67.8 Å². The summed E-state index contributed by atoms with van der Waals surface area (Å²) in [6.45, 7) is 5.49. The van der Waals surface area contributed by atoms with Crippen molar-refractivity contribution in [3.63, 3.8) is 0 Å². The lowest BCUT2D eigenvalue weighted by Crippen LogP contribution is -2.07. The number of hydrogen-bond acceptors (Lipinski definition) is 6. The fourth-order valence-electron chi connectivity index (χ4n) is 3.38. The largest absolute Gasteiger partial charge is 0.455 e. The normalized spacial score (nSPS) is 12.3. The summed E-state index contributed by atoms with van der Waals surface area (Å²) in [6, 6.07) is 11.0. The Hall–Kier alpha value is -3.40. The van der Waals surface area contributed by atoms with Gasteiger partial charge in [0.2, 0.25) is 5.82 Å². The second-order valence-corrected chi connectivity index (χ2v) is 9.69. The number of aromatic nitrogens is 2. The van der Waals surface area contributed by atoms with Gasteiger partial charge in [-0.15, -0.1) is 0 Å². The van der Waals surface area contributed by atoms with Gasteiger partial charge < -0.3 is 8.94 Å². The fourth-order valence-corrected chi connectivity index (χ4v) is 4.97. The van der Waals surface area contributed by atoms with Crippen molar-refractivity contribution in [3.8, 4) is 23.0 Å². The fraction of sp³-hybridized carbons (Fsp3) is 0.217. The number of nitrogens with zero attached hydrogens (tertiary/aromatic N) is 2. The van der Waals surface area contributed by atoms with Gasteiger partial charge in [0, 0.05) is 5.56 Å². The molecular weight excluding hydrogens is 457 g/mol. The smallest absolute Gasteiger partial charge is 0.416 e. The average molecular weight is 476 g/mol. The molecule has 0 bridgehead atoms. The van der Waals surface area contributed by atoms with Crippen LogP contribution in [-0.4, -0.2) is 18.6 Å². The molecule has 4 aromatic rings. The van der Waals surface area contributed by atoms with Gasteiger partial charge in [-0.2, -0.15) is 18.2 Å². The Morgan fingerprint density at radius 2 is 1.67 bits per heavy atom.